The summed E-state index contributed by atoms with van der Waals surface area (Å²) in [6.07, 6.45) is 0.908. The lowest BCUT2D eigenvalue weighted by molar-refractivity contribution is 0.0801. The zero-order valence-electron chi connectivity index (χ0n) is 12.1. The number of nitrogens with one attached hydrogen (secondary N) is 1. The van der Waals surface area contributed by atoms with Gasteiger partial charge >= 0.3 is 0 Å². The maximum absolute atomic E-state index is 9.62. The normalized spacial score (nSPS) is 11.7. The van der Waals surface area contributed by atoms with E-state index in [2.05, 4.69) is 31.3 Å². The Labute approximate surface area is 110 Å². The van der Waals surface area contributed by atoms with Crippen LogP contribution in [0.3, 0.4) is 0 Å². The third kappa shape index (κ3) is 4.67. The molecule has 0 aromatic heterocycles. The molecule has 0 heterocycles. The minimum Gasteiger partial charge on any atom is -0.496 e. The maximum atomic E-state index is 9.62. The first-order valence-corrected chi connectivity index (χ1v) is 6.40. The van der Waals surface area contributed by atoms with E-state index in [0.29, 0.717) is 6.54 Å². The van der Waals surface area contributed by atoms with E-state index in [1.165, 1.54) is 16.7 Å². The predicted molar refractivity (Wildman–Crippen MR) is 75.3 cm³/mol. The molecule has 0 atom stereocenters. The average Bonchev–Trinajstić information content (AvgIpc) is 2.24. The van der Waals surface area contributed by atoms with E-state index >= 15 is 0 Å². The summed E-state index contributed by atoms with van der Waals surface area (Å²) in [6.45, 7) is 9.23. The van der Waals surface area contributed by atoms with Gasteiger partial charge < -0.3 is 15.2 Å². The molecule has 1 rings (SSSR count). The molecule has 0 fully saturated rings. The van der Waals surface area contributed by atoms with Crippen LogP contribution in [0.2, 0.25) is 0 Å². The number of hydrogen-bond donors (Lipinski definition) is 2. The molecule has 0 aliphatic rings. The van der Waals surface area contributed by atoms with Crippen LogP contribution in [-0.4, -0.2) is 30.9 Å². The molecule has 18 heavy (non-hydrogen) atoms. The standard InChI is InChI=1S/C15H25NO2/c1-11-8-12(2)13(14(9-11)18-5)6-7-16-10-15(3,4)17/h8-9,16-17H,6-7,10H2,1-5H3. The number of rotatable bonds is 6. The van der Waals surface area contributed by atoms with E-state index < -0.39 is 5.60 Å². The molecule has 3 heteroatoms. The van der Waals surface area contributed by atoms with Gasteiger partial charge in [0.05, 0.1) is 12.7 Å². The van der Waals surface area contributed by atoms with E-state index in [0.717, 1.165) is 18.7 Å². The molecule has 0 saturated carbocycles. The Bertz CT molecular complexity index is 394. The van der Waals surface area contributed by atoms with E-state index in [-0.39, 0.29) is 0 Å². The van der Waals surface area contributed by atoms with Crippen LogP contribution in [0.1, 0.15) is 30.5 Å². The number of aryl methyl sites for hydroxylation is 2. The molecule has 0 amide bonds. The molecule has 0 radical (unpaired) electrons. The van der Waals surface area contributed by atoms with Crippen LogP contribution in [0.4, 0.5) is 0 Å². The monoisotopic (exact) mass is 251 g/mol. The molecule has 102 valence electrons. The van der Waals surface area contributed by atoms with Crippen molar-refractivity contribution in [2.75, 3.05) is 20.2 Å². The lowest BCUT2D eigenvalue weighted by Crippen LogP contribution is -2.35. The van der Waals surface area contributed by atoms with Gasteiger partial charge in [-0.25, -0.2) is 0 Å². The van der Waals surface area contributed by atoms with Crippen LogP contribution in [-0.2, 0) is 6.42 Å². The summed E-state index contributed by atoms with van der Waals surface area (Å²) in [5.41, 5.74) is 3.06. The SMILES string of the molecule is COc1cc(C)cc(C)c1CCNCC(C)(C)O. The average molecular weight is 251 g/mol. The summed E-state index contributed by atoms with van der Waals surface area (Å²) >= 11 is 0. The van der Waals surface area contributed by atoms with Crippen molar-refractivity contribution in [3.05, 3.63) is 28.8 Å². The first-order valence-electron chi connectivity index (χ1n) is 6.40. The van der Waals surface area contributed by atoms with Crippen molar-refractivity contribution in [3.63, 3.8) is 0 Å². The third-order valence-corrected chi connectivity index (χ3v) is 2.91. The van der Waals surface area contributed by atoms with E-state index in [1.807, 2.05) is 0 Å². The molecule has 3 nitrogen and oxygen atoms in total. The predicted octanol–water partition coefficient (Wildman–Crippen LogP) is 2.22. The van der Waals surface area contributed by atoms with Gasteiger partial charge in [0.15, 0.2) is 0 Å². The van der Waals surface area contributed by atoms with Gasteiger partial charge in [-0.15, -0.1) is 0 Å². The second kappa shape index (κ2) is 6.21. The first kappa shape index (κ1) is 15.0. The van der Waals surface area contributed by atoms with E-state index in [9.17, 15) is 5.11 Å². The Balaban J connectivity index is 2.62. The zero-order chi connectivity index (χ0) is 13.8. The molecule has 2 N–H and O–H groups in total. The van der Waals surface area contributed by atoms with Crippen molar-refractivity contribution in [2.24, 2.45) is 0 Å². The van der Waals surface area contributed by atoms with Gasteiger partial charge in [-0.2, -0.15) is 0 Å². The van der Waals surface area contributed by atoms with Crippen LogP contribution < -0.4 is 10.1 Å². The number of aliphatic hydroxyl groups is 1. The molecule has 0 bridgehead atoms. The number of methoxy groups -OCH3 is 1. The van der Waals surface area contributed by atoms with Gasteiger partial charge in [-0.05, 0) is 63.4 Å². The Morgan fingerprint density at radius 2 is 1.94 bits per heavy atom. The van der Waals surface area contributed by atoms with Gasteiger partial charge in [0, 0.05) is 6.54 Å². The molecule has 0 aliphatic heterocycles. The maximum Gasteiger partial charge on any atom is 0.122 e. The Morgan fingerprint density at radius 3 is 2.50 bits per heavy atom. The second-order valence-corrected chi connectivity index (χ2v) is 5.50. The van der Waals surface area contributed by atoms with Crippen LogP contribution >= 0.6 is 0 Å². The van der Waals surface area contributed by atoms with Crippen LogP contribution in [0.25, 0.3) is 0 Å². The Hall–Kier alpha value is -1.06. The highest BCUT2D eigenvalue weighted by atomic mass is 16.5. The van der Waals surface area contributed by atoms with Crippen molar-refractivity contribution >= 4 is 0 Å². The largest absolute Gasteiger partial charge is 0.496 e. The summed E-state index contributed by atoms with van der Waals surface area (Å²) in [6, 6.07) is 4.24. The summed E-state index contributed by atoms with van der Waals surface area (Å²) in [5.74, 6) is 0.956. The second-order valence-electron chi connectivity index (χ2n) is 5.50. The molecule has 1 aromatic carbocycles. The highest BCUT2D eigenvalue weighted by Crippen LogP contribution is 2.24. The van der Waals surface area contributed by atoms with Crippen molar-refractivity contribution in [1.82, 2.24) is 5.32 Å². The van der Waals surface area contributed by atoms with E-state index in [4.69, 9.17) is 4.74 Å². The van der Waals surface area contributed by atoms with Gasteiger partial charge in [-0.1, -0.05) is 6.07 Å². The summed E-state index contributed by atoms with van der Waals surface area (Å²) in [7, 11) is 1.71. The molecule has 0 unspecified atom stereocenters. The fourth-order valence-corrected chi connectivity index (χ4v) is 2.07. The lowest BCUT2D eigenvalue weighted by atomic mass is 10.0. The minimum absolute atomic E-state index is 0.597. The van der Waals surface area contributed by atoms with Crippen LogP contribution in [0, 0.1) is 13.8 Å². The lowest BCUT2D eigenvalue weighted by Gasteiger charge is -2.18. The number of ether oxygens (including phenoxy) is 1. The van der Waals surface area contributed by atoms with Gasteiger partial charge in [-0.3, -0.25) is 0 Å². The number of hydrogen-bond acceptors (Lipinski definition) is 3. The van der Waals surface area contributed by atoms with Crippen LogP contribution in [0.5, 0.6) is 5.75 Å². The quantitative estimate of drug-likeness (QED) is 0.762. The highest BCUT2D eigenvalue weighted by molar-refractivity contribution is 5.43. The Kier molecular flexibility index (Phi) is 5.17. The topological polar surface area (TPSA) is 41.5 Å². The van der Waals surface area contributed by atoms with E-state index in [1.54, 1.807) is 21.0 Å². The summed E-state index contributed by atoms with van der Waals surface area (Å²) in [5, 5.41) is 12.9. The molecule has 0 spiro atoms. The molecular weight excluding hydrogens is 226 g/mol. The molecular formula is C15H25NO2. The Morgan fingerprint density at radius 1 is 1.28 bits per heavy atom. The van der Waals surface area contributed by atoms with Gasteiger partial charge in [0.1, 0.15) is 5.75 Å². The first-order chi connectivity index (χ1) is 8.33. The van der Waals surface area contributed by atoms with Crippen molar-refractivity contribution in [3.8, 4) is 5.75 Å². The van der Waals surface area contributed by atoms with Crippen LogP contribution in [0.15, 0.2) is 12.1 Å². The molecule has 0 saturated heterocycles. The zero-order valence-corrected chi connectivity index (χ0v) is 12.1. The van der Waals surface area contributed by atoms with Crippen molar-refractivity contribution in [1.29, 1.82) is 0 Å². The molecule has 1 aromatic rings. The highest BCUT2D eigenvalue weighted by Gasteiger charge is 2.12. The fourth-order valence-electron chi connectivity index (χ4n) is 2.07. The smallest absolute Gasteiger partial charge is 0.122 e. The minimum atomic E-state index is -0.660. The molecule has 0 aliphatic carbocycles. The van der Waals surface area contributed by atoms with Gasteiger partial charge in [0.25, 0.3) is 0 Å². The fraction of sp³-hybridized carbons (Fsp3) is 0.600. The van der Waals surface area contributed by atoms with Gasteiger partial charge in [0.2, 0.25) is 0 Å². The summed E-state index contributed by atoms with van der Waals surface area (Å²) < 4.78 is 5.43. The van der Waals surface area contributed by atoms with Crippen molar-refractivity contribution < 1.29 is 9.84 Å². The van der Waals surface area contributed by atoms with Crippen molar-refractivity contribution in [2.45, 2.75) is 39.7 Å². The summed E-state index contributed by atoms with van der Waals surface area (Å²) in [4.78, 5) is 0. The third-order valence-electron chi connectivity index (χ3n) is 2.91. The number of benzene rings is 1.